The van der Waals surface area contributed by atoms with E-state index >= 15 is 0 Å². The fourth-order valence-corrected chi connectivity index (χ4v) is 1.69. The summed E-state index contributed by atoms with van der Waals surface area (Å²) in [6, 6.07) is 2.76. The predicted molar refractivity (Wildman–Crippen MR) is 48.5 cm³/mol. The first-order valence-electron chi connectivity index (χ1n) is 2.45. The van der Waals surface area contributed by atoms with E-state index in [-0.39, 0.29) is 9.32 Å². The largest absolute Gasteiger partial charge is 0.506 e. The van der Waals surface area contributed by atoms with Gasteiger partial charge >= 0.3 is 0 Å². The number of hydrogen-bond donors (Lipinski definition) is 1. The third kappa shape index (κ3) is 1.42. The standard InChI is InChI=1S/C6H3BrFIO/c7-3-1-2-4(8)5(9)6(3)10/h1-2,10H. The molecule has 4 heteroatoms. The Morgan fingerprint density at radius 3 is 2.60 bits per heavy atom. The Bertz CT molecular complexity index is 237. The summed E-state index contributed by atoms with van der Waals surface area (Å²) < 4.78 is 13.3. The quantitative estimate of drug-likeness (QED) is 0.576. The molecule has 0 saturated heterocycles. The van der Waals surface area contributed by atoms with Gasteiger partial charge in [-0.05, 0) is 50.7 Å². The summed E-state index contributed by atoms with van der Waals surface area (Å²) in [5, 5.41) is 9.09. The van der Waals surface area contributed by atoms with Gasteiger partial charge in [-0.2, -0.15) is 0 Å². The van der Waals surface area contributed by atoms with Crippen molar-refractivity contribution in [1.29, 1.82) is 0 Å². The second-order valence-corrected chi connectivity index (χ2v) is 3.62. The third-order valence-corrected chi connectivity index (χ3v) is 2.69. The summed E-state index contributed by atoms with van der Waals surface area (Å²) in [4.78, 5) is 0. The number of halogens is 3. The number of rotatable bonds is 0. The van der Waals surface area contributed by atoms with Gasteiger partial charge in [-0.1, -0.05) is 0 Å². The molecule has 0 unspecified atom stereocenters. The molecule has 1 aromatic rings. The van der Waals surface area contributed by atoms with E-state index in [9.17, 15) is 4.39 Å². The maximum Gasteiger partial charge on any atom is 0.146 e. The molecule has 0 atom stereocenters. The van der Waals surface area contributed by atoms with Gasteiger partial charge in [0.25, 0.3) is 0 Å². The monoisotopic (exact) mass is 316 g/mol. The van der Waals surface area contributed by atoms with Gasteiger partial charge in [0, 0.05) is 0 Å². The second kappa shape index (κ2) is 3.04. The van der Waals surface area contributed by atoms with Crippen molar-refractivity contribution in [2.24, 2.45) is 0 Å². The Kier molecular flexibility index (Phi) is 2.51. The first kappa shape index (κ1) is 8.26. The Morgan fingerprint density at radius 1 is 1.50 bits per heavy atom. The first-order valence-corrected chi connectivity index (χ1v) is 4.32. The van der Waals surface area contributed by atoms with Gasteiger partial charge in [-0.15, -0.1) is 0 Å². The second-order valence-electron chi connectivity index (χ2n) is 1.69. The number of aromatic hydroxyl groups is 1. The number of benzene rings is 1. The van der Waals surface area contributed by atoms with Gasteiger partial charge in [0.05, 0.1) is 8.04 Å². The summed E-state index contributed by atoms with van der Waals surface area (Å²) in [5.41, 5.74) is 0. The summed E-state index contributed by atoms with van der Waals surface area (Å²) in [6.07, 6.45) is 0. The van der Waals surface area contributed by atoms with Crippen molar-refractivity contribution in [3.05, 3.63) is 26.0 Å². The van der Waals surface area contributed by atoms with Crippen molar-refractivity contribution in [1.82, 2.24) is 0 Å². The van der Waals surface area contributed by atoms with Gasteiger partial charge < -0.3 is 5.11 Å². The average molecular weight is 317 g/mol. The van der Waals surface area contributed by atoms with Crippen molar-refractivity contribution in [2.75, 3.05) is 0 Å². The van der Waals surface area contributed by atoms with Crippen molar-refractivity contribution in [3.8, 4) is 5.75 Å². The van der Waals surface area contributed by atoms with Crippen molar-refractivity contribution >= 4 is 38.5 Å². The molecule has 0 aliphatic heterocycles. The van der Waals surface area contributed by atoms with Crippen LogP contribution in [0.2, 0.25) is 0 Å². The van der Waals surface area contributed by atoms with Crippen LogP contribution in [0.15, 0.2) is 16.6 Å². The average Bonchev–Trinajstić information content (AvgIpc) is 1.93. The highest BCUT2D eigenvalue weighted by Gasteiger charge is 2.06. The molecular formula is C6H3BrFIO. The molecule has 0 amide bonds. The van der Waals surface area contributed by atoms with Crippen LogP contribution in [0.3, 0.4) is 0 Å². The highest BCUT2D eigenvalue weighted by molar-refractivity contribution is 14.1. The molecule has 1 rings (SSSR count). The molecule has 1 N–H and O–H groups in total. The van der Waals surface area contributed by atoms with Gasteiger partial charge in [-0.25, -0.2) is 4.39 Å². The van der Waals surface area contributed by atoms with E-state index in [1.165, 1.54) is 12.1 Å². The fraction of sp³-hybridized carbons (Fsp3) is 0. The molecule has 0 spiro atoms. The van der Waals surface area contributed by atoms with E-state index in [4.69, 9.17) is 5.11 Å². The van der Waals surface area contributed by atoms with Crippen molar-refractivity contribution in [3.63, 3.8) is 0 Å². The Morgan fingerprint density at radius 2 is 2.10 bits per heavy atom. The van der Waals surface area contributed by atoms with Crippen LogP contribution < -0.4 is 0 Å². The van der Waals surface area contributed by atoms with Crippen LogP contribution in [0, 0.1) is 9.39 Å². The van der Waals surface area contributed by atoms with Gasteiger partial charge in [0.1, 0.15) is 11.6 Å². The zero-order chi connectivity index (χ0) is 7.72. The van der Waals surface area contributed by atoms with E-state index < -0.39 is 5.82 Å². The normalized spacial score (nSPS) is 9.90. The SMILES string of the molecule is Oc1c(Br)ccc(F)c1I. The molecular weight excluding hydrogens is 314 g/mol. The maximum atomic E-state index is 12.6. The van der Waals surface area contributed by atoms with Crippen molar-refractivity contribution in [2.45, 2.75) is 0 Å². The Balaban J connectivity index is 3.34. The minimum Gasteiger partial charge on any atom is -0.506 e. The summed E-state index contributed by atoms with van der Waals surface area (Å²) in [5.74, 6) is -0.443. The predicted octanol–water partition coefficient (Wildman–Crippen LogP) is 2.90. The van der Waals surface area contributed by atoms with Gasteiger partial charge in [0.2, 0.25) is 0 Å². The fourth-order valence-electron chi connectivity index (χ4n) is 0.516. The lowest BCUT2D eigenvalue weighted by atomic mass is 10.3. The van der Waals surface area contributed by atoms with Gasteiger partial charge in [-0.3, -0.25) is 0 Å². The molecule has 0 heterocycles. The lowest BCUT2D eigenvalue weighted by Gasteiger charge is -1.99. The van der Waals surface area contributed by atoms with Crippen LogP contribution in [0.1, 0.15) is 0 Å². The molecule has 1 aromatic carbocycles. The minimum absolute atomic E-state index is 0.0411. The Hall–Kier alpha value is 0.160. The third-order valence-electron chi connectivity index (χ3n) is 1.02. The van der Waals surface area contributed by atoms with Crippen LogP contribution in [0.25, 0.3) is 0 Å². The van der Waals surface area contributed by atoms with E-state index in [1.807, 2.05) is 0 Å². The number of phenols is 1. The number of hydrogen-bond acceptors (Lipinski definition) is 1. The minimum atomic E-state index is -0.402. The molecule has 0 aromatic heterocycles. The zero-order valence-corrected chi connectivity index (χ0v) is 8.48. The number of phenolic OH excluding ortho intramolecular Hbond substituents is 1. The van der Waals surface area contributed by atoms with Crippen LogP contribution in [0.4, 0.5) is 4.39 Å². The van der Waals surface area contributed by atoms with E-state index in [0.717, 1.165) is 0 Å². The van der Waals surface area contributed by atoms with E-state index in [2.05, 4.69) is 15.9 Å². The highest BCUT2D eigenvalue weighted by Crippen LogP contribution is 2.30. The Labute approximate surface area is 79.5 Å². The molecule has 0 aliphatic rings. The summed E-state index contributed by atoms with van der Waals surface area (Å²) in [6.45, 7) is 0. The summed E-state index contributed by atoms with van der Waals surface area (Å²) in [7, 11) is 0. The van der Waals surface area contributed by atoms with Gasteiger partial charge in [0.15, 0.2) is 0 Å². The molecule has 0 fully saturated rings. The molecule has 0 radical (unpaired) electrons. The van der Waals surface area contributed by atoms with Crippen LogP contribution in [0.5, 0.6) is 5.75 Å². The van der Waals surface area contributed by atoms with Crippen LogP contribution >= 0.6 is 38.5 Å². The van der Waals surface area contributed by atoms with E-state index in [1.54, 1.807) is 22.6 Å². The van der Waals surface area contributed by atoms with Crippen LogP contribution in [-0.4, -0.2) is 5.11 Å². The molecule has 0 saturated carbocycles. The van der Waals surface area contributed by atoms with E-state index in [0.29, 0.717) is 4.47 Å². The molecule has 0 bridgehead atoms. The zero-order valence-electron chi connectivity index (χ0n) is 4.74. The smallest absolute Gasteiger partial charge is 0.146 e. The van der Waals surface area contributed by atoms with Crippen molar-refractivity contribution < 1.29 is 9.50 Å². The molecule has 10 heavy (non-hydrogen) atoms. The lowest BCUT2D eigenvalue weighted by Crippen LogP contribution is -1.81. The van der Waals surface area contributed by atoms with Crippen LogP contribution in [-0.2, 0) is 0 Å². The maximum absolute atomic E-state index is 12.6. The molecule has 0 aliphatic carbocycles. The highest BCUT2D eigenvalue weighted by atomic mass is 127. The first-order chi connectivity index (χ1) is 4.63. The molecule has 1 nitrogen and oxygen atoms in total. The molecule has 54 valence electrons. The lowest BCUT2D eigenvalue weighted by molar-refractivity contribution is 0.460. The topological polar surface area (TPSA) is 20.2 Å². The summed E-state index contributed by atoms with van der Waals surface area (Å²) >= 11 is 4.80.